The zero-order chi connectivity index (χ0) is 16.9. The maximum atomic E-state index is 11.8. The van der Waals surface area contributed by atoms with Crippen LogP contribution in [0.2, 0.25) is 0 Å². The summed E-state index contributed by atoms with van der Waals surface area (Å²) in [5.41, 5.74) is 0.110. The highest BCUT2D eigenvalue weighted by molar-refractivity contribution is 7.16. The first-order valence-electron chi connectivity index (χ1n) is 6.64. The lowest BCUT2D eigenvalue weighted by atomic mass is 9.94. The summed E-state index contributed by atoms with van der Waals surface area (Å²) in [7, 11) is 1.27. The molecule has 1 heterocycles. The third-order valence-electron chi connectivity index (χ3n) is 2.73. The number of esters is 1. The quantitative estimate of drug-likeness (QED) is 0.720. The molecule has 0 radical (unpaired) electrons. The number of aliphatic carboxylic acids is 1. The minimum absolute atomic E-state index is 0.00618. The second kappa shape index (κ2) is 7.26. The van der Waals surface area contributed by atoms with Gasteiger partial charge in [0.2, 0.25) is 0 Å². The number of hydrogen-bond donors (Lipinski definition) is 3. The summed E-state index contributed by atoms with van der Waals surface area (Å²) < 4.78 is 4.72. The lowest BCUT2D eigenvalue weighted by Crippen LogP contribution is -2.30. The van der Waals surface area contributed by atoms with Crippen molar-refractivity contribution in [3.63, 3.8) is 0 Å². The van der Waals surface area contributed by atoms with Gasteiger partial charge in [0.15, 0.2) is 0 Å². The van der Waals surface area contributed by atoms with Crippen LogP contribution in [-0.2, 0) is 14.9 Å². The van der Waals surface area contributed by atoms with Gasteiger partial charge in [0.1, 0.15) is 5.00 Å². The van der Waals surface area contributed by atoms with Crippen molar-refractivity contribution in [2.45, 2.75) is 32.6 Å². The van der Waals surface area contributed by atoms with Crippen LogP contribution in [0.15, 0.2) is 6.07 Å². The number of carbonyl (C=O) groups excluding carboxylic acids is 2. The van der Waals surface area contributed by atoms with Crippen molar-refractivity contribution in [1.82, 2.24) is 5.32 Å². The van der Waals surface area contributed by atoms with Gasteiger partial charge in [0.05, 0.1) is 19.1 Å². The Bertz CT molecular complexity index is 574. The van der Waals surface area contributed by atoms with Gasteiger partial charge in [-0.3, -0.25) is 10.1 Å². The van der Waals surface area contributed by atoms with Crippen LogP contribution in [-0.4, -0.2) is 36.7 Å². The molecule has 1 aromatic heterocycles. The molecule has 0 aromatic carbocycles. The summed E-state index contributed by atoms with van der Waals surface area (Å²) in [4.78, 5) is 34.9. The minimum Gasteiger partial charge on any atom is -0.481 e. The first-order valence-corrected chi connectivity index (χ1v) is 7.46. The molecule has 0 atom stereocenters. The van der Waals surface area contributed by atoms with Gasteiger partial charge in [-0.25, -0.2) is 9.59 Å². The fourth-order valence-electron chi connectivity index (χ4n) is 1.55. The Morgan fingerprint density at radius 1 is 1.32 bits per heavy atom. The van der Waals surface area contributed by atoms with Gasteiger partial charge in [-0.05, 0) is 11.5 Å². The number of ether oxygens (including phenoxy) is 1. The normalized spacial score (nSPS) is 10.9. The van der Waals surface area contributed by atoms with E-state index in [2.05, 4.69) is 10.6 Å². The van der Waals surface area contributed by atoms with E-state index < -0.39 is 18.0 Å². The molecule has 2 amide bonds. The monoisotopic (exact) mass is 328 g/mol. The zero-order valence-corrected chi connectivity index (χ0v) is 13.8. The van der Waals surface area contributed by atoms with Crippen molar-refractivity contribution >= 4 is 34.3 Å². The van der Waals surface area contributed by atoms with Crippen LogP contribution in [0, 0.1) is 0 Å². The Balaban J connectivity index is 2.88. The van der Waals surface area contributed by atoms with Gasteiger partial charge in [-0.15, -0.1) is 11.3 Å². The van der Waals surface area contributed by atoms with Crippen LogP contribution in [0.5, 0.6) is 0 Å². The third kappa shape index (κ3) is 5.03. The van der Waals surface area contributed by atoms with Gasteiger partial charge < -0.3 is 15.2 Å². The highest BCUT2D eigenvalue weighted by atomic mass is 32.1. The van der Waals surface area contributed by atoms with Gasteiger partial charge in [-0.2, -0.15) is 0 Å². The van der Waals surface area contributed by atoms with E-state index in [0.29, 0.717) is 5.00 Å². The molecule has 122 valence electrons. The van der Waals surface area contributed by atoms with Gasteiger partial charge in [0, 0.05) is 11.4 Å². The number of carboxylic acids is 1. The Kier molecular flexibility index (Phi) is 5.92. The van der Waals surface area contributed by atoms with E-state index >= 15 is 0 Å². The van der Waals surface area contributed by atoms with E-state index in [9.17, 15) is 14.4 Å². The van der Waals surface area contributed by atoms with Crippen molar-refractivity contribution in [1.29, 1.82) is 0 Å². The topological polar surface area (TPSA) is 105 Å². The molecular formula is C14H20N2O5S. The van der Waals surface area contributed by atoms with Crippen molar-refractivity contribution in [3.05, 3.63) is 16.5 Å². The van der Waals surface area contributed by atoms with Crippen LogP contribution in [0.1, 0.15) is 42.4 Å². The summed E-state index contributed by atoms with van der Waals surface area (Å²) in [5.74, 6) is -1.53. The van der Waals surface area contributed by atoms with E-state index in [1.54, 1.807) is 6.07 Å². The van der Waals surface area contributed by atoms with Crippen molar-refractivity contribution in [2.24, 2.45) is 0 Å². The average molecular weight is 328 g/mol. The first kappa shape index (κ1) is 18.0. The molecule has 0 saturated carbocycles. The molecule has 0 aliphatic rings. The second-order valence-electron chi connectivity index (χ2n) is 5.62. The van der Waals surface area contributed by atoms with Crippen LogP contribution in [0.25, 0.3) is 0 Å². The van der Waals surface area contributed by atoms with E-state index in [-0.39, 0.29) is 23.9 Å². The predicted molar refractivity (Wildman–Crippen MR) is 83.6 cm³/mol. The highest BCUT2D eigenvalue weighted by Gasteiger charge is 2.24. The van der Waals surface area contributed by atoms with Crippen LogP contribution >= 0.6 is 11.3 Å². The Morgan fingerprint density at radius 2 is 1.95 bits per heavy atom. The summed E-state index contributed by atoms with van der Waals surface area (Å²) in [5, 5.41) is 13.9. The highest BCUT2D eigenvalue weighted by Crippen LogP contribution is 2.36. The number of rotatable bonds is 5. The second-order valence-corrected chi connectivity index (χ2v) is 6.67. The van der Waals surface area contributed by atoms with E-state index in [4.69, 9.17) is 9.84 Å². The Hall–Kier alpha value is -2.09. The SMILES string of the molecule is COC(=O)c1cc(C(C)(C)C)sc1NC(=O)NCCC(=O)O. The molecule has 8 heteroatoms. The number of amides is 2. The van der Waals surface area contributed by atoms with Gasteiger partial charge in [0.25, 0.3) is 0 Å². The standard InChI is InChI=1S/C14H20N2O5S/c1-14(2,3)9-7-8(12(19)21-4)11(22-9)16-13(20)15-6-5-10(17)18/h7H,5-6H2,1-4H3,(H,17,18)(H2,15,16,20). The predicted octanol–water partition coefficient (Wildman–Crippen LogP) is 2.43. The maximum absolute atomic E-state index is 11.8. The van der Waals surface area contributed by atoms with E-state index in [0.717, 1.165) is 4.88 Å². The third-order valence-corrected chi connectivity index (χ3v) is 4.20. The molecule has 1 aromatic rings. The largest absolute Gasteiger partial charge is 0.481 e. The Morgan fingerprint density at radius 3 is 2.45 bits per heavy atom. The van der Waals surface area contributed by atoms with Crippen molar-refractivity contribution < 1.29 is 24.2 Å². The summed E-state index contributed by atoms with van der Waals surface area (Å²) >= 11 is 1.29. The molecule has 0 unspecified atom stereocenters. The first-order chi connectivity index (χ1) is 10.1. The lowest BCUT2D eigenvalue weighted by molar-refractivity contribution is -0.136. The average Bonchev–Trinajstić information content (AvgIpc) is 2.81. The summed E-state index contributed by atoms with van der Waals surface area (Å²) in [6.45, 7) is 6.00. The van der Waals surface area contributed by atoms with E-state index in [1.165, 1.54) is 18.4 Å². The molecule has 0 aliphatic carbocycles. The molecule has 22 heavy (non-hydrogen) atoms. The van der Waals surface area contributed by atoms with E-state index in [1.807, 2.05) is 20.8 Å². The molecule has 0 spiro atoms. The van der Waals surface area contributed by atoms with Gasteiger partial charge >= 0.3 is 18.0 Å². The molecule has 3 N–H and O–H groups in total. The fourth-order valence-corrected chi connectivity index (χ4v) is 2.64. The molecule has 0 bridgehead atoms. The number of anilines is 1. The number of thiophene rings is 1. The van der Waals surface area contributed by atoms with Crippen molar-refractivity contribution in [2.75, 3.05) is 19.0 Å². The van der Waals surface area contributed by atoms with Crippen LogP contribution in [0.4, 0.5) is 9.80 Å². The number of carboxylic acid groups (broad SMARTS) is 1. The summed E-state index contributed by atoms with van der Waals surface area (Å²) in [6.07, 6.45) is -0.172. The number of hydrogen-bond acceptors (Lipinski definition) is 5. The molecule has 1 rings (SSSR count). The smallest absolute Gasteiger partial charge is 0.340 e. The van der Waals surface area contributed by atoms with Crippen molar-refractivity contribution in [3.8, 4) is 0 Å². The maximum Gasteiger partial charge on any atom is 0.340 e. The lowest BCUT2D eigenvalue weighted by Gasteiger charge is -2.15. The molecule has 0 fully saturated rings. The summed E-state index contributed by atoms with van der Waals surface area (Å²) in [6, 6.07) is 1.14. The minimum atomic E-state index is -0.998. The fraction of sp³-hybridized carbons (Fsp3) is 0.500. The molecule has 0 saturated heterocycles. The zero-order valence-electron chi connectivity index (χ0n) is 13.0. The number of carbonyl (C=O) groups is 3. The molecule has 0 aliphatic heterocycles. The molecular weight excluding hydrogens is 308 g/mol. The Labute approximate surface area is 132 Å². The number of urea groups is 1. The number of methoxy groups -OCH3 is 1. The molecule has 7 nitrogen and oxygen atoms in total. The van der Waals surface area contributed by atoms with Crippen LogP contribution < -0.4 is 10.6 Å². The van der Waals surface area contributed by atoms with Crippen LogP contribution in [0.3, 0.4) is 0 Å². The van der Waals surface area contributed by atoms with Gasteiger partial charge in [-0.1, -0.05) is 20.8 Å². The number of nitrogens with one attached hydrogen (secondary N) is 2.